The number of para-hydroxylation sites is 1. The quantitative estimate of drug-likeness (QED) is 0.206. The Bertz CT molecular complexity index is 1760. The first-order valence-electron chi connectivity index (χ1n) is 9.90. The fourth-order valence-electron chi connectivity index (χ4n) is 4.80. The predicted molar refractivity (Wildman–Crippen MR) is 123 cm³/mol. The van der Waals surface area contributed by atoms with E-state index >= 15 is 0 Å². The molecule has 0 bridgehead atoms. The first-order chi connectivity index (χ1) is 14.4. The van der Waals surface area contributed by atoms with Crippen LogP contribution in [0.15, 0.2) is 97.2 Å². The fraction of sp³-hybridized carbons (Fsp3) is 0. The van der Waals surface area contributed by atoms with Gasteiger partial charge in [0.1, 0.15) is 0 Å². The summed E-state index contributed by atoms with van der Waals surface area (Å²) in [5, 5.41) is 8.75. The van der Waals surface area contributed by atoms with Gasteiger partial charge in [0.25, 0.3) is 0 Å². The maximum atomic E-state index is 4.76. The average Bonchev–Trinajstić information content (AvgIpc) is 3.17. The standard InChI is InChI=1S/C27H16N2/c1-2-7-18-13-21-16-25-23(14-20(21)12-17(18)6-1)22-9-5-11-28-27(22)26-15-19-8-3-4-10-24(19)29(25)26/h1-16H. The number of rotatable bonds is 0. The number of pyridine rings is 2. The Labute approximate surface area is 166 Å². The highest BCUT2D eigenvalue weighted by molar-refractivity contribution is 6.17. The van der Waals surface area contributed by atoms with Crippen LogP contribution in [-0.2, 0) is 0 Å². The summed E-state index contributed by atoms with van der Waals surface area (Å²) in [7, 11) is 0. The lowest BCUT2D eigenvalue weighted by Gasteiger charge is -2.11. The van der Waals surface area contributed by atoms with Crippen LogP contribution in [0.1, 0.15) is 0 Å². The first kappa shape index (κ1) is 15.1. The normalized spacial score (nSPS) is 12.1. The molecule has 0 N–H and O–H groups in total. The predicted octanol–water partition coefficient (Wildman–Crippen LogP) is 7.10. The molecule has 0 spiro atoms. The molecule has 0 unspecified atom stereocenters. The number of hydrogen-bond donors (Lipinski definition) is 0. The van der Waals surface area contributed by atoms with Gasteiger partial charge in [-0.25, -0.2) is 0 Å². The van der Waals surface area contributed by atoms with Gasteiger partial charge >= 0.3 is 0 Å². The SMILES string of the molecule is c1ccc2cc3cc4c(cc3cc2c1)c1cccnc1c1cc2ccccc2n41. The summed E-state index contributed by atoms with van der Waals surface area (Å²) in [5.74, 6) is 0. The summed E-state index contributed by atoms with van der Waals surface area (Å²) in [4.78, 5) is 4.76. The number of aromatic nitrogens is 2. The Balaban J connectivity index is 1.80. The molecule has 0 saturated carbocycles. The third-order valence-electron chi connectivity index (χ3n) is 6.11. The van der Waals surface area contributed by atoms with Crippen LogP contribution in [0.5, 0.6) is 0 Å². The molecule has 3 heterocycles. The lowest BCUT2D eigenvalue weighted by Crippen LogP contribution is -1.92. The monoisotopic (exact) mass is 368 g/mol. The minimum atomic E-state index is 1.05. The van der Waals surface area contributed by atoms with Crippen LogP contribution in [0.2, 0.25) is 0 Å². The van der Waals surface area contributed by atoms with E-state index in [4.69, 9.17) is 4.98 Å². The van der Waals surface area contributed by atoms with Gasteiger partial charge in [0, 0.05) is 22.4 Å². The van der Waals surface area contributed by atoms with Crippen molar-refractivity contribution in [2.24, 2.45) is 0 Å². The third kappa shape index (κ3) is 1.98. The van der Waals surface area contributed by atoms with Crippen molar-refractivity contribution in [2.75, 3.05) is 0 Å². The van der Waals surface area contributed by atoms with E-state index in [2.05, 4.69) is 89.3 Å². The van der Waals surface area contributed by atoms with Gasteiger partial charge in [-0.2, -0.15) is 0 Å². The molecule has 0 aliphatic heterocycles. The molecule has 2 nitrogen and oxygen atoms in total. The Hall–Kier alpha value is -3.91. The van der Waals surface area contributed by atoms with Crippen molar-refractivity contribution in [3.05, 3.63) is 97.2 Å². The van der Waals surface area contributed by atoms with Gasteiger partial charge in [0.05, 0.1) is 22.1 Å². The van der Waals surface area contributed by atoms with Crippen molar-refractivity contribution in [1.29, 1.82) is 0 Å². The van der Waals surface area contributed by atoms with Crippen LogP contribution < -0.4 is 0 Å². The Morgan fingerprint density at radius 1 is 0.483 bits per heavy atom. The second-order valence-corrected chi connectivity index (χ2v) is 7.74. The molecule has 4 aromatic carbocycles. The molecule has 0 radical (unpaired) electrons. The highest BCUT2D eigenvalue weighted by atomic mass is 14.9. The van der Waals surface area contributed by atoms with Crippen molar-refractivity contribution in [3.8, 4) is 0 Å². The zero-order chi connectivity index (χ0) is 18.9. The Morgan fingerprint density at radius 3 is 2.00 bits per heavy atom. The van der Waals surface area contributed by atoms with Crippen LogP contribution in [0.3, 0.4) is 0 Å². The van der Waals surface area contributed by atoms with Crippen LogP contribution in [0.4, 0.5) is 0 Å². The highest BCUT2D eigenvalue weighted by Crippen LogP contribution is 2.36. The van der Waals surface area contributed by atoms with Crippen molar-refractivity contribution in [1.82, 2.24) is 9.38 Å². The van der Waals surface area contributed by atoms with E-state index in [1.165, 1.54) is 48.7 Å². The highest BCUT2D eigenvalue weighted by Gasteiger charge is 2.13. The average molecular weight is 368 g/mol. The Morgan fingerprint density at radius 2 is 1.17 bits per heavy atom. The Kier molecular flexibility index (Phi) is 2.77. The summed E-state index contributed by atoms with van der Waals surface area (Å²) in [6.45, 7) is 0. The van der Waals surface area contributed by atoms with E-state index in [9.17, 15) is 0 Å². The molecule has 0 fully saturated rings. The molecule has 2 heteroatoms. The number of benzene rings is 4. The second kappa shape index (κ2) is 5.33. The van der Waals surface area contributed by atoms with Gasteiger partial charge < -0.3 is 4.40 Å². The summed E-state index contributed by atoms with van der Waals surface area (Å²) >= 11 is 0. The number of nitrogens with zero attached hydrogens (tertiary/aromatic N) is 2. The zero-order valence-corrected chi connectivity index (χ0v) is 15.6. The van der Waals surface area contributed by atoms with E-state index in [1.54, 1.807) is 0 Å². The maximum Gasteiger partial charge on any atom is 0.0949 e. The smallest absolute Gasteiger partial charge is 0.0949 e. The van der Waals surface area contributed by atoms with Crippen LogP contribution in [0, 0.1) is 0 Å². The molecule has 0 atom stereocenters. The van der Waals surface area contributed by atoms with E-state index in [0.29, 0.717) is 0 Å². The van der Waals surface area contributed by atoms with Crippen LogP contribution >= 0.6 is 0 Å². The third-order valence-corrected chi connectivity index (χ3v) is 6.11. The van der Waals surface area contributed by atoms with Gasteiger partial charge in [-0.05, 0) is 64.0 Å². The second-order valence-electron chi connectivity index (χ2n) is 7.74. The minimum Gasteiger partial charge on any atom is -0.307 e. The molecular formula is C27H16N2. The molecule has 0 aliphatic rings. The molecule has 0 aliphatic carbocycles. The molecule has 3 aromatic heterocycles. The molecule has 134 valence electrons. The van der Waals surface area contributed by atoms with E-state index in [-0.39, 0.29) is 0 Å². The van der Waals surface area contributed by atoms with E-state index < -0.39 is 0 Å². The lowest BCUT2D eigenvalue weighted by molar-refractivity contribution is 1.32. The number of hydrogen-bond acceptors (Lipinski definition) is 1. The first-order valence-corrected chi connectivity index (χ1v) is 9.90. The summed E-state index contributed by atoms with van der Waals surface area (Å²) in [6.07, 6.45) is 1.89. The van der Waals surface area contributed by atoms with E-state index in [1.807, 2.05) is 12.3 Å². The van der Waals surface area contributed by atoms with Crippen LogP contribution in [-0.4, -0.2) is 9.38 Å². The molecule has 0 amide bonds. The minimum absolute atomic E-state index is 1.05. The summed E-state index contributed by atoms with van der Waals surface area (Å²) < 4.78 is 2.37. The number of fused-ring (bicyclic) bond motifs is 10. The van der Waals surface area contributed by atoms with Gasteiger partial charge in [0.15, 0.2) is 0 Å². The molecule has 0 saturated heterocycles. The molecular weight excluding hydrogens is 352 g/mol. The van der Waals surface area contributed by atoms with E-state index in [0.717, 1.165) is 11.0 Å². The molecule has 7 aromatic rings. The van der Waals surface area contributed by atoms with Gasteiger partial charge in [-0.15, -0.1) is 0 Å². The maximum absolute atomic E-state index is 4.76. The molecule has 7 rings (SSSR count). The van der Waals surface area contributed by atoms with Crippen molar-refractivity contribution in [3.63, 3.8) is 0 Å². The van der Waals surface area contributed by atoms with Crippen molar-refractivity contribution in [2.45, 2.75) is 0 Å². The van der Waals surface area contributed by atoms with Crippen molar-refractivity contribution < 1.29 is 0 Å². The van der Waals surface area contributed by atoms with Crippen molar-refractivity contribution >= 4 is 59.8 Å². The van der Waals surface area contributed by atoms with Crippen LogP contribution in [0.25, 0.3) is 59.8 Å². The summed E-state index contributed by atoms with van der Waals surface area (Å²) in [5.41, 5.74) is 4.66. The zero-order valence-electron chi connectivity index (χ0n) is 15.6. The lowest BCUT2D eigenvalue weighted by atomic mass is 10.00. The van der Waals surface area contributed by atoms with Gasteiger partial charge in [-0.3, -0.25) is 4.98 Å². The van der Waals surface area contributed by atoms with Gasteiger partial charge in [0.2, 0.25) is 0 Å². The van der Waals surface area contributed by atoms with Gasteiger partial charge in [-0.1, -0.05) is 48.5 Å². The largest absolute Gasteiger partial charge is 0.307 e. The molecule has 29 heavy (non-hydrogen) atoms. The fourth-order valence-corrected chi connectivity index (χ4v) is 4.80. The topological polar surface area (TPSA) is 17.3 Å². The summed E-state index contributed by atoms with van der Waals surface area (Å²) in [6, 6.07) is 32.9.